The maximum atomic E-state index is 2.68. The van der Waals surface area contributed by atoms with Gasteiger partial charge in [-0.05, 0) is 238 Å². The molecule has 2 aliphatic carbocycles. The van der Waals surface area contributed by atoms with Crippen LogP contribution >= 0.6 is 0 Å². The minimum Gasteiger partial charge on any atom is -0.310 e. The second-order valence-corrected chi connectivity index (χ2v) is 26.9. The van der Waals surface area contributed by atoms with E-state index in [0.717, 1.165) is 25.7 Å². The molecule has 2 aliphatic rings. The van der Waals surface area contributed by atoms with Gasteiger partial charge < -0.3 is 18.9 Å². The Kier molecular flexibility index (Phi) is 13.2. The summed E-state index contributed by atoms with van der Waals surface area (Å²) in [7, 11) is 0. The third-order valence-corrected chi connectivity index (χ3v) is 20.3. The van der Waals surface area contributed by atoms with Crippen molar-refractivity contribution in [3.05, 3.63) is 251 Å². The summed E-state index contributed by atoms with van der Waals surface area (Å²) in [5, 5.41) is 13.0. The topological polar surface area (TPSA) is 16.3 Å². The van der Waals surface area contributed by atoms with Crippen molar-refractivity contribution in [1.29, 1.82) is 0 Å². The Morgan fingerprint density at radius 3 is 1.12 bits per heavy atom. The lowest BCUT2D eigenvalue weighted by atomic mass is 9.83. The molecule has 0 N–H and O–H groups in total. The van der Waals surface area contributed by atoms with E-state index >= 15 is 0 Å². The minimum absolute atomic E-state index is 0.259. The van der Waals surface area contributed by atoms with E-state index in [4.69, 9.17) is 0 Å². The molecule has 0 fully saturated rings. The fraction of sp³-hybridized carbons (Fsp3) is 0.238. The molecule has 0 atom stereocenters. The van der Waals surface area contributed by atoms with Crippen LogP contribution in [0.1, 0.15) is 149 Å². The molecule has 4 heteroatoms. The Morgan fingerprint density at radius 2 is 0.693 bits per heavy atom. The van der Waals surface area contributed by atoms with Crippen molar-refractivity contribution >= 4 is 110 Å². The Hall–Kier alpha value is -9.12. The molecule has 0 radical (unpaired) electrons. The summed E-state index contributed by atoms with van der Waals surface area (Å²) in [5.41, 5.74) is 26.1. The monoisotopic (exact) mass is 1140 g/mol. The van der Waals surface area contributed by atoms with Crippen LogP contribution in [0, 0.1) is 0 Å². The molecular formula is C84H78N4. The van der Waals surface area contributed by atoms with Gasteiger partial charge in [-0.1, -0.05) is 165 Å². The SMILES string of the molecule is CC(C)c1cccc(-n2c3ccccc3c3cc(N(c4cccc5c4CCCC5)c4cc(C(C)C)c5ccc6c(N(c7ccc8c(c7)c7ccccc7n8-c7cccc(C(C)C)c7)c7cccc8c7CCCC8)cc(C(C)C)c7ccc4c5c76)ccc32)c1. The average Bonchev–Trinajstić information content (AvgIpc) is 0.934. The summed E-state index contributed by atoms with van der Waals surface area (Å²) < 4.78 is 4.98. The smallest absolute Gasteiger partial charge is 0.0543 e. The van der Waals surface area contributed by atoms with Crippen LogP contribution < -0.4 is 9.80 Å². The molecule has 16 rings (SSSR count). The van der Waals surface area contributed by atoms with Gasteiger partial charge in [0, 0.05) is 66.4 Å². The molecule has 14 aromatic rings. The molecule has 88 heavy (non-hydrogen) atoms. The third-order valence-electron chi connectivity index (χ3n) is 20.3. The van der Waals surface area contributed by atoms with E-state index in [2.05, 4.69) is 281 Å². The van der Waals surface area contributed by atoms with Crippen LogP contribution in [-0.2, 0) is 25.7 Å². The average molecular weight is 1140 g/mol. The highest BCUT2D eigenvalue weighted by Crippen LogP contribution is 2.54. The molecule has 0 unspecified atom stereocenters. The molecule has 0 saturated heterocycles. The van der Waals surface area contributed by atoms with Crippen LogP contribution in [0.25, 0.3) is 87.3 Å². The Balaban J connectivity index is 0.975. The molecule has 0 amide bonds. The van der Waals surface area contributed by atoms with Crippen LogP contribution in [0.3, 0.4) is 0 Å². The number of rotatable bonds is 12. The summed E-state index contributed by atoms with van der Waals surface area (Å²) in [6, 6.07) is 80.5. The zero-order valence-electron chi connectivity index (χ0n) is 52.4. The second-order valence-electron chi connectivity index (χ2n) is 26.9. The number of aryl methyl sites for hydroxylation is 2. The predicted molar refractivity (Wildman–Crippen MR) is 378 cm³/mol. The molecule has 0 bridgehead atoms. The van der Waals surface area contributed by atoms with Gasteiger partial charge in [-0.2, -0.15) is 0 Å². The van der Waals surface area contributed by atoms with E-state index < -0.39 is 0 Å². The lowest BCUT2D eigenvalue weighted by Crippen LogP contribution is -2.17. The van der Waals surface area contributed by atoms with Crippen molar-refractivity contribution in [3.8, 4) is 11.4 Å². The maximum absolute atomic E-state index is 2.68. The molecule has 4 nitrogen and oxygen atoms in total. The first-order chi connectivity index (χ1) is 43.0. The van der Waals surface area contributed by atoms with Crippen molar-refractivity contribution in [2.24, 2.45) is 0 Å². The fourth-order valence-corrected chi connectivity index (χ4v) is 15.9. The highest BCUT2D eigenvalue weighted by molar-refractivity contribution is 6.30. The molecule has 12 aromatic carbocycles. The van der Waals surface area contributed by atoms with Gasteiger partial charge in [0.2, 0.25) is 0 Å². The standard InChI is InChI=1S/C84H78N4/c1-51(2)57-25-17-27-59(45-57)85-77-33-15-13-31-65(77)73-47-61(37-43-79(73)85)87(75-35-19-23-55-21-9-11-29-63(55)75)81-49-71(53(5)6)67-40-42-70-82(50-72(54(7)8)68-39-41-69(81)83(67)84(68)70)88(76-36-20-24-56-22-10-12-30-64(56)76)62-38-44-80-74(48-62)66-32-14-16-34-78(66)86(80)60-28-18-26-58(46-60)52(3)4/h13-20,23-28,31-54H,9-12,21-22,29-30H2,1-8H3. The largest absolute Gasteiger partial charge is 0.310 e. The Morgan fingerprint density at radius 1 is 0.295 bits per heavy atom. The zero-order valence-corrected chi connectivity index (χ0v) is 52.4. The van der Waals surface area contributed by atoms with Crippen LogP contribution in [0.2, 0.25) is 0 Å². The van der Waals surface area contributed by atoms with Gasteiger partial charge in [-0.25, -0.2) is 0 Å². The summed E-state index contributed by atoms with van der Waals surface area (Å²) in [5.74, 6) is 1.37. The zero-order chi connectivity index (χ0) is 59.6. The second kappa shape index (κ2) is 21.3. The van der Waals surface area contributed by atoms with Gasteiger partial charge in [-0.15, -0.1) is 0 Å². The van der Waals surface area contributed by atoms with Crippen molar-refractivity contribution in [1.82, 2.24) is 9.13 Å². The van der Waals surface area contributed by atoms with Crippen molar-refractivity contribution in [3.63, 3.8) is 0 Å². The van der Waals surface area contributed by atoms with Crippen LogP contribution in [0.15, 0.2) is 206 Å². The molecule has 0 spiro atoms. The normalized spacial score (nSPS) is 13.7. The molecular weight excluding hydrogens is 1060 g/mol. The van der Waals surface area contributed by atoms with Crippen LogP contribution in [0.4, 0.5) is 34.1 Å². The first-order valence-electron chi connectivity index (χ1n) is 32.9. The summed E-state index contributed by atoms with van der Waals surface area (Å²) in [6.07, 6.45) is 9.19. The summed E-state index contributed by atoms with van der Waals surface area (Å²) in [6.45, 7) is 18.8. The van der Waals surface area contributed by atoms with E-state index in [0.29, 0.717) is 11.8 Å². The van der Waals surface area contributed by atoms with Gasteiger partial charge >= 0.3 is 0 Å². The number of aromatic nitrogens is 2. The quantitative estimate of drug-likeness (QED) is 0.113. The van der Waals surface area contributed by atoms with Crippen LogP contribution in [0.5, 0.6) is 0 Å². The number of para-hydroxylation sites is 2. The van der Waals surface area contributed by atoms with Crippen LogP contribution in [-0.4, -0.2) is 9.13 Å². The first-order valence-corrected chi connectivity index (χ1v) is 32.9. The molecule has 2 aromatic heterocycles. The third kappa shape index (κ3) is 8.60. The summed E-state index contributed by atoms with van der Waals surface area (Å²) in [4.78, 5) is 5.37. The van der Waals surface area contributed by atoms with Gasteiger partial charge in [0.05, 0.1) is 33.4 Å². The predicted octanol–water partition coefficient (Wildman–Crippen LogP) is 24.0. The van der Waals surface area contributed by atoms with Gasteiger partial charge in [-0.3, -0.25) is 0 Å². The lowest BCUT2D eigenvalue weighted by Gasteiger charge is -2.34. The lowest BCUT2D eigenvalue weighted by molar-refractivity contribution is 0.686. The first kappa shape index (κ1) is 54.3. The number of benzene rings is 12. The van der Waals surface area contributed by atoms with E-state index in [9.17, 15) is 0 Å². The maximum Gasteiger partial charge on any atom is 0.0543 e. The number of nitrogens with zero attached hydrogens (tertiary/aromatic N) is 4. The Bertz CT molecular complexity index is 4760. The van der Waals surface area contributed by atoms with E-state index in [1.165, 1.54) is 192 Å². The number of anilines is 6. The Labute approximate surface area is 518 Å². The van der Waals surface area contributed by atoms with Gasteiger partial charge in [0.25, 0.3) is 0 Å². The van der Waals surface area contributed by atoms with E-state index in [-0.39, 0.29) is 11.8 Å². The highest BCUT2D eigenvalue weighted by Gasteiger charge is 2.30. The van der Waals surface area contributed by atoms with Crippen molar-refractivity contribution < 1.29 is 0 Å². The molecule has 434 valence electrons. The molecule has 0 saturated carbocycles. The van der Waals surface area contributed by atoms with Crippen molar-refractivity contribution in [2.75, 3.05) is 9.80 Å². The van der Waals surface area contributed by atoms with Crippen molar-refractivity contribution in [2.45, 2.75) is 130 Å². The minimum atomic E-state index is 0.259. The summed E-state index contributed by atoms with van der Waals surface area (Å²) >= 11 is 0. The number of fused-ring (bicyclic) bond motifs is 8. The highest BCUT2D eigenvalue weighted by atomic mass is 15.2. The fourth-order valence-electron chi connectivity index (χ4n) is 15.9. The number of hydrogen-bond donors (Lipinski definition) is 0. The van der Waals surface area contributed by atoms with Gasteiger partial charge in [0.15, 0.2) is 0 Å². The van der Waals surface area contributed by atoms with E-state index in [1.807, 2.05) is 0 Å². The van der Waals surface area contributed by atoms with E-state index in [1.54, 1.807) is 0 Å². The number of hydrogen-bond acceptors (Lipinski definition) is 2. The molecule has 0 aliphatic heterocycles. The molecule has 2 heterocycles. The van der Waals surface area contributed by atoms with Gasteiger partial charge in [0.1, 0.15) is 0 Å².